The van der Waals surface area contributed by atoms with E-state index in [1.807, 2.05) is 4.72 Å². The molecule has 202 valence electrons. The number of aliphatic hydroxyl groups is 2. The number of hydrogen-bond acceptors (Lipinski definition) is 11. The molecule has 0 radical (unpaired) electrons. The Bertz CT molecular complexity index is 1240. The van der Waals surface area contributed by atoms with Gasteiger partial charge in [0.1, 0.15) is 24.1 Å². The highest BCUT2D eigenvalue weighted by Crippen LogP contribution is 2.42. The van der Waals surface area contributed by atoms with Crippen LogP contribution in [0, 0.1) is 0 Å². The summed E-state index contributed by atoms with van der Waals surface area (Å²) in [6.07, 6.45) is 1.06. The number of halogens is 1. The number of anilines is 1. The number of aromatic nitrogens is 4. The van der Waals surface area contributed by atoms with Crippen molar-refractivity contribution in [3.05, 3.63) is 11.5 Å². The molecule has 0 amide bonds. The summed E-state index contributed by atoms with van der Waals surface area (Å²) in [4.78, 5) is 27.4. The van der Waals surface area contributed by atoms with Gasteiger partial charge in [0.25, 0.3) is 0 Å². The number of sulfonamides is 1. The minimum absolute atomic E-state index is 0.0551. The predicted molar refractivity (Wildman–Crippen MR) is 127 cm³/mol. The van der Waals surface area contributed by atoms with Gasteiger partial charge in [-0.2, -0.15) is 15.1 Å². The number of aliphatic hydroxyl groups excluding tert-OH is 2. The van der Waals surface area contributed by atoms with E-state index < -0.39 is 61.2 Å². The van der Waals surface area contributed by atoms with Crippen LogP contribution < -0.4 is 10.0 Å². The molecule has 5 atom stereocenters. The van der Waals surface area contributed by atoms with Crippen LogP contribution in [-0.4, -0.2) is 97.8 Å². The molecule has 18 heteroatoms. The second-order valence-electron chi connectivity index (χ2n) is 8.84. The summed E-state index contributed by atoms with van der Waals surface area (Å²) < 4.78 is 48.4. The van der Waals surface area contributed by atoms with Gasteiger partial charge in [0, 0.05) is 12.6 Å². The Morgan fingerprint density at radius 2 is 1.97 bits per heavy atom. The summed E-state index contributed by atoms with van der Waals surface area (Å²) in [7, 11) is -8.62. The maximum absolute atomic E-state index is 11.7. The lowest BCUT2D eigenvalue weighted by Gasteiger charge is -2.22. The fourth-order valence-corrected chi connectivity index (χ4v) is 5.58. The van der Waals surface area contributed by atoms with Gasteiger partial charge in [-0.25, -0.2) is 17.8 Å². The Morgan fingerprint density at radius 1 is 1.28 bits per heavy atom. The van der Waals surface area contributed by atoms with E-state index in [0.29, 0.717) is 11.2 Å². The first-order valence-corrected chi connectivity index (χ1v) is 15.1. The highest BCUT2D eigenvalue weighted by Gasteiger charge is 2.46. The van der Waals surface area contributed by atoms with Crippen LogP contribution in [0.2, 0.25) is 5.28 Å². The maximum atomic E-state index is 11.7. The fraction of sp³-hybridized carbons (Fsp3) is 0.722. The highest BCUT2D eigenvalue weighted by atomic mass is 35.5. The Balaban J connectivity index is 1.50. The van der Waals surface area contributed by atoms with Crippen LogP contribution in [0.4, 0.5) is 5.82 Å². The summed E-state index contributed by atoms with van der Waals surface area (Å²) in [6, 6.07) is 0.235. The predicted octanol–water partition coefficient (Wildman–Crippen LogP) is -0.477. The lowest BCUT2D eigenvalue weighted by atomic mass is 10.1. The molecule has 6 N–H and O–H groups in total. The number of rotatable bonds is 10. The summed E-state index contributed by atoms with van der Waals surface area (Å²) in [5.74, 6) is -1.35. The smallest absolute Gasteiger partial charge is 0.355 e. The molecule has 2 aromatic rings. The van der Waals surface area contributed by atoms with Crippen LogP contribution in [0.25, 0.3) is 11.0 Å². The third kappa shape index (κ3) is 6.32. The van der Waals surface area contributed by atoms with Crippen molar-refractivity contribution in [1.82, 2.24) is 24.5 Å². The number of nitrogens with zero attached hydrogens (tertiary/aromatic N) is 4. The van der Waals surface area contributed by atoms with Gasteiger partial charge >= 0.3 is 7.60 Å². The van der Waals surface area contributed by atoms with E-state index in [4.69, 9.17) is 21.1 Å². The molecule has 36 heavy (non-hydrogen) atoms. The van der Waals surface area contributed by atoms with Crippen molar-refractivity contribution in [2.45, 2.75) is 62.1 Å². The van der Waals surface area contributed by atoms with Gasteiger partial charge in [-0.05, 0) is 24.4 Å². The van der Waals surface area contributed by atoms with E-state index in [1.165, 1.54) is 10.9 Å². The number of fused-ring (bicyclic) bond motifs is 1. The SMILES string of the molecule is CS(=O)(=O)NCC(OC[C@H]1O[C@@H](n2ncc3c(NC4CCCC4)nc(Cl)nc32)[C@H](O)[C@@H]1O)P(=O)(O)O. The van der Waals surface area contributed by atoms with Crippen LogP contribution in [0.15, 0.2) is 6.20 Å². The van der Waals surface area contributed by atoms with Gasteiger partial charge in [0.15, 0.2) is 17.7 Å². The van der Waals surface area contributed by atoms with E-state index in [0.717, 1.165) is 31.9 Å². The summed E-state index contributed by atoms with van der Waals surface area (Å²) >= 11 is 6.13. The van der Waals surface area contributed by atoms with E-state index in [9.17, 15) is 33.0 Å². The summed E-state index contributed by atoms with van der Waals surface area (Å²) in [5, 5.41) is 29.2. The van der Waals surface area contributed by atoms with E-state index >= 15 is 0 Å². The van der Waals surface area contributed by atoms with Crippen LogP contribution >= 0.6 is 19.2 Å². The van der Waals surface area contributed by atoms with Crippen molar-refractivity contribution < 1.29 is 42.5 Å². The number of hydrogen-bond donors (Lipinski definition) is 6. The van der Waals surface area contributed by atoms with Gasteiger partial charge in [-0.15, -0.1) is 0 Å². The summed E-state index contributed by atoms with van der Waals surface area (Å²) in [6.45, 7) is -1.26. The van der Waals surface area contributed by atoms with Gasteiger partial charge in [-0.3, -0.25) is 4.57 Å². The summed E-state index contributed by atoms with van der Waals surface area (Å²) in [5.41, 5.74) is 0.249. The highest BCUT2D eigenvalue weighted by molar-refractivity contribution is 7.88. The third-order valence-corrected chi connectivity index (χ3v) is 7.99. The second-order valence-corrected chi connectivity index (χ2v) is 12.8. The Kier molecular flexibility index (Phi) is 8.22. The topological polar surface area (TPSA) is 218 Å². The molecule has 2 fully saturated rings. The average molecular weight is 571 g/mol. The standard InChI is InChI=1S/C18H28ClN6O9PS/c1-36(31,32)21-7-12(35(28,29)30)33-8-11-13(26)14(27)17(34-11)25-16-10(6-20-25)15(23-18(19)24-16)22-9-4-2-3-5-9/h6,9,11-14,17,21,26-27H,2-5,7-8H2,1H3,(H,22,23,24)(H2,28,29,30)/t11-,12?,13-,14-,17-/m1/s1. The average Bonchev–Trinajstić information content (AvgIpc) is 3.48. The molecule has 2 aromatic heterocycles. The van der Waals surface area contributed by atoms with Crippen LogP contribution in [0.1, 0.15) is 31.9 Å². The quantitative estimate of drug-likeness (QED) is 0.157. The van der Waals surface area contributed by atoms with Gasteiger partial charge in [0.05, 0.1) is 24.4 Å². The zero-order chi connectivity index (χ0) is 26.3. The molecule has 4 rings (SSSR count). The van der Waals surface area contributed by atoms with E-state index in [2.05, 4.69) is 20.4 Å². The molecule has 1 saturated heterocycles. The lowest BCUT2D eigenvalue weighted by molar-refractivity contribution is -0.0753. The molecule has 0 bridgehead atoms. The first kappa shape index (κ1) is 27.6. The largest absolute Gasteiger partial charge is 0.387 e. The van der Waals surface area contributed by atoms with Crippen molar-refractivity contribution in [3.63, 3.8) is 0 Å². The van der Waals surface area contributed by atoms with Crippen molar-refractivity contribution in [3.8, 4) is 0 Å². The fourth-order valence-electron chi connectivity index (χ4n) is 4.23. The zero-order valence-corrected chi connectivity index (χ0v) is 21.6. The maximum Gasteiger partial charge on any atom is 0.355 e. The van der Waals surface area contributed by atoms with Crippen LogP contribution in [0.5, 0.6) is 0 Å². The van der Waals surface area contributed by atoms with Gasteiger partial charge < -0.3 is 34.8 Å². The van der Waals surface area contributed by atoms with Crippen molar-refractivity contribution in [2.24, 2.45) is 0 Å². The Labute approximate surface area is 211 Å². The minimum atomic E-state index is -4.88. The molecule has 0 aromatic carbocycles. The first-order chi connectivity index (χ1) is 16.8. The van der Waals surface area contributed by atoms with Crippen LogP contribution in [-0.2, 0) is 24.1 Å². The zero-order valence-electron chi connectivity index (χ0n) is 19.1. The van der Waals surface area contributed by atoms with Crippen molar-refractivity contribution in [2.75, 3.05) is 24.7 Å². The van der Waals surface area contributed by atoms with Crippen molar-refractivity contribution in [1.29, 1.82) is 0 Å². The Morgan fingerprint density at radius 3 is 2.61 bits per heavy atom. The molecular formula is C18H28ClN6O9PS. The van der Waals surface area contributed by atoms with Gasteiger partial charge in [-0.1, -0.05) is 12.8 Å². The molecule has 1 aliphatic heterocycles. The number of ether oxygens (including phenoxy) is 2. The number of nitrogens with one attached hydrogen (secondary N) is 2. The van der Waals surface area contributed by atoms with Gasteiger partial charge in [0.2, 0.25) is 15.3 Å². The third-order valence-electron chi connectivity index (χ3n) is 6.05. The molecule has 15 nitrogen and oxygen atoms in total. The second kappa shape index (κ2) is 10.7. The molecule has 1 saturated carbocycles. The first-order valence-electron chi connectivity index (χ1n) is 11.1. The normalized spacial score (nSPS) is 26.6. The van der Waals surface area contributed by atoms with E-state index in [1.54, 1.807) is 0 Å². The Hall–Kier alpha value is -1.46. The minimum Gasteiger partial charge on any atom is -0.387 e. The molecule has 3 heterocycles. The molecule has 1 unspecified atom stereocenters. The van der Waals surface area contributed by atoms with Crippen molar-refractivity contribution >= 4 is 46.1 Å². The molecule has 2 aliphatic rings. The van der Waals surface area contributed by atoms with E-state index in [-0.39, 0.29) is 17.0 Å². The monoisotopic (exact) mass is 570 g/mol. The lowest BCUT2D eigenvalue weighted by Crippen LogP contribution is -2.38. The molecule has 0 spiro atoms. The molecular weight excluding hydrogens is 543 g/mol. The van der Waals surface area contributed by atoms with Crippen LogP contribution in [0.3, 0.4) is 0 Å². The molecule has 1 aliphatic carbocycles.